The second-order valence-electron chi connectivity index (χ2n) is 7.39. The van der Waals surface area contributed by atoms with Crippen molar-refractivity contribution in [2.24, 2.45) is 0 Å². The minimum absolute atomic E-state index is 0.0888. The van der Waals surface area contributed by atoms with E-state index in [0.29, 0.717) is 0 Å². The Bertz CT molecular complexity index is 1010. The van der Waals surface area contributed by atoms with E-state index in [9.17, 15) is 19.2 Å². The van der Waals surface area contributed by atoms with Crippen LogP contribution in [0.25, 0.3) is 0 Å². The highest BCUT2D eigenvalue weighted by atomic mass is 16.7. The maximum Gasteiger partial charge on any atom is 0.222 e. The number of ether oxygens (including phenoxy) is 4. The minimum Gasteiger partial charge on any atom is -0.346 e. The molecule has 0 spiro atoms. The van der Waals surface area contributed by atoms with E-state index in [1.807, 2.05) is 0 Å². The predicted octanol–water partition coefficient (Wildman–Crippen LogP) is 3.63. The maximum atomic E-state index is 13.3. The van der Waals surface area contributed by atoms with E-state index in [-0.39, 0.29) is 65.6 Å². The molecule has 0 unspecified atom stereocenters. The highest BCUT2D eigenvalue weighted by Gasteiger charge is 2.33. The van der Waals surface area contributed by atoms with Gasteiger partial charge < -0.3 is 18.9 Å². The number of ketones is 4. The van der Waals surface area contributed by atoms with Crippen LogP contribution in [0.1, 0.15) is 80.3 Å². The number of rotatable bonds is 12. The Morgan fingerprint density at radius 2 is 0.912 bits per heavy atom. The third-order valence-electron chi connectivity index (χ3n) is 5.29. The first-order valence-corrected chi connectivity index (χ1v) is 11.3. The molecular formula is C26H28O8. The Hall–Kier alpha value is -3.04. The molecule has 0 amide bonds. The zero-order valence-electron chi connectivity index (χ0n) is 19.7. The van der Waals surface area contributed by atoms with Crippen LogP contribution in [0.4, 0.5) is 0 Å². The summed E-state index contributed by atoms with van der Waals surface area (Å²) in [7, 11) is 0. The van der Waals surface area contributed by atoms with Crippen LogP contribution in [0.2, 0.25) is 0 Å². The van der Waals surface area contributed by atoms with Gasteiger partial charge in [-0.3, -0.25) is 19.2 Å². The lowest BCUT2D eigenvalue weighted by atomic mass is 9.82. The smallest absolute Gasteiger partial charge is 0.222 e. The van der Waals surface area contributed by atoms with Gasteiger partial charge in [0.1, 0.15) is 0 Å². The summed E-state index contributed by atoms with van der Waals surface area (Å²) in [5, 5.41) is 0. The summed E-state index contributed by atoms with van der Waals surface area (Å²) >= 11 is 0. The SMILES string of the molecule is CCOC(OCC)C(=O)c1ccc2c(c1)C(=O)c1cc(C(=O)C(OCC)OCC)ccc1C2=O. The maximum absolute atomic E-state index is 13.3. The predicted molar refractivity (Wildman–Crippen MR) is 122 cm³/mol. The molecule has 0 aromatic heterocycles. The minimum atomic E-state index is -1.10. The number of Topliss-reactive ketones (excluding diaryl/α,β-unsaturated/α-hetero) is 2. The molecule has 0 N–H and O–H groups in total. The van der Waals surface area contributed by atoms with E-state index in [1.54, 1.807) is 27.7 Å². The number of hydrogen-bond acceptors (Lipinski definition) is 8. The monoisotopic (exact) mass is 468 g/mol. The molecule has 180 valence electrons. The number of carbonyl (C=O) groups is 4. The number of carbonyl (C=O) groups excluding carboxylic acids is 4. The van der Waals surface area contributed by atoms with Crippen LogP contribution in [0.3, 0.4) is 0 Å². The summed E-state index contributed by atoms with van der Waals surface area (Å²) in [6.45, 7) is 8.05. The zero-order valence-corrected chi connectivity index (χ0v) is 19.7. The van der Waals surface area contributed by atoms with Crippen LogP contribution in [0.15, 0.2) is 36.4 Å². The lowest BCUT2D eigenvalue weighted by Gasteiger charge is -2.21. The van der Waals surface area contributed by atoms with Crippen molar-refractivity contribution in [3.63, 3.8) is 0 Å². The highest BCUT2D eigenvalue weighted by molar-refractivity contribution is 6.29. The van der Waals surface area contributed by atoms with E-state index in [2.05, 4.69) is 0 Å². The molecule has 8 nitrogen and oxygen atoms in total. The van der Waals surface area contributed by atoms with Crippen molar-refractivity contribution < 1.29 is 38.1 Å². The molecule has 2 aromatic carbocycles. The normalized spacial score (nSPS) is 12.8. The van der Waals surface area contributed by atoms with Gasteiger partial charge in [-0.15, -0.1) is 0 Å². The van der Waals surface area contributed by atoms with Gasteiger partial charge in [0.25, 0.3) is 0 Å². The van der Waals surface area contributed by atoms with Gasteiger partial charge in [0.2, 0.25) is 24.1 Å². The zero-order chi connectivity index (χ0) is 24.8. The van der Waals surface area contributed by atoms with Crippen molar-refractivity contribution in [1.82, 2.24) is 0 Å². The summed E-state index contributed by atoms with van der Waals surface area (Å²) in [5.74, 6) is -1.71. The fourth-order valence-electron chi connectivity index (χ4n) is 3.73. The van der Waals surface area contributed by atoms with Gasteiger partial charge in [-0.05, 0) is 52.0 Å². The summed E-state index contributed by atoms with van der Waals surface area (Å²) < 4.78 is 21.5. The van der Waals surface area contributed by atoms with Crippen molar-refractivity contribution in [2.45, 2.75) is 40.3 Å². The number of benzene rings is 2. The lowest BCUT2D eigenvalue weighted by Crippen LogP contribution is -2.29. The van der Waals surface area contributed by atoms with E-state index in [0.717, 1.165) is 0 Å². The fraction of sp³-hybridized carbons (Fsp3) is 0.385. The first-order valence-electron chi connectivity index (χ1n) is 11.3. The third kappa shape index (κ3) is 5.05. The first kappa shape index (κ1) is 25.6. The molecule has 0 radical (unpaired) electrons. The van der Waals surface area contributed by atoms with Gasteiger partial charge in [0.15, 0.2) is 11.6 Å². The lowest BCUT2D eigenvalue weighted by molar-refractivity contribution is -0.107. The second-order valence-corrected chi connectivity index (χ2v) is 7.39. The van der Waals surface area contributed by atoms with E-state index in [4.69, 9.17) is 18.9 Å². The molecule has 0 heterocycles. The highest BCUT2D eigenvalue weighted by Crippen LogP contribution is 2.30. The number of fused-ring (bicyclic) bond motifs is 2. The van der Waals surface area contributed by atoms with Gasteiger partial charge in [0.05, 0.1) is 0 Å². The number of hydrogen-bond donors (Lipinski definition) is 0. The topological polar surface area (TPSA) is 105 Å². The molecule has 8 heteroatoms. The Morgan fingerprint density at radius 3 is 1.24 bits per heavy atom. The molecular weight excluding hydrogens is 440 g/mol. The van der Waals surface area contributed by atoms with Crippen molar-refractivity contribution in [2.75, 3.05) is 26.4 Å². The van der Waals surface area contributed by atoms with Gasteiger partial charge in [0, 0.05) is 59.8 Å². The fourth-order valence-corrected chi connectivity index (χ4v) is 3.73. The molecule has 1 aliphatic rings. The summed E-state index contributed by atoms with van der Waals surface area (Å²) in [5.41, 5.74) is 0.945. The molecule has 1 aliphatic carbocycles. The summed E-state index contributed by atoms with van der Waals surface area (Å²) in [6.07, 6.45) is -2.21. The average molecular weight is 469 g/mol. The van der Waals surface area contributed by atoms with E-state index in [1.165, 1.54) is 36.4 Å². The van der Waals surface area contributed by atoms with Crippen LogP contribution < -0.4 is 0 Å². The van der Waals surface area contributed by atoms with E-state index >= 15 is 0 Å². The van der Waals surface area contributed by atoms with Gasteiger partial charge in [-0.25, -0.2) is 0 Å². The van der Waals surface area contributed by atoms with Crippen LogP contribution in [-0.4, -0.2) is 62.1 Å². The largest absolute Gasteiger partial charge is 0.346 e. The van der Waals surface area contributed by atoms with Crippen LogP contribution >= 0.6 is 0 Å². The average Bonchev–Trinajstić information content (AvgIpc) is 2.85. The molecule has 0 fully saturated rings. The molecule has 0 saturated carbocycles. The molecule has 0 aliphatic heterocycles. The Balaban J connectivity index is 1.98. The Kier molecular flexibility index (Phi) is 8.57. The van der Waals surface area contributed by atoms with Crippen LogP contribution in [-0.2, 0) is 18.9 Å². The molecule has 0 atom stereocenters. The molecule has 34 heavy (non-hydrogen) atoms. The molecule has 2 aromatic rings. The van der Waals surface area contributed by atoms with Crippen LogP contribution in [0, 0.1) is 0 Å². The van der Waals surface area contributed by atoms with Crippen LogP contribution in [0.5, 0.6) is 0 Å². The van der Waals surface area contributed by atoms with Crippen molar-refractivity contribution in [3.8, 4) is 0 Å². The second kappa shape index (κ2) is 11.4. The molecule has 0 bridgehead atoms. The van der Waals surface area contributed by atoms with Crippen molar-refractivity contribution in [1.29, 1.82) is 0 Å². The third-order valence-corrected chi connectivity index (χ3v) is 5.29. The van der Waals surface area contributed by atoms with Gasteiger partial charge >= 0.3 is 0 Å². The molecule has 0 saturated heterocycles. The quantitative estimate of drug-likeness (QED) is 0.293. The van der Waals surface area contributed by atoms with Gasteiger partial charge in [-0.1, -0.05) is 12.1 Å². The standard InChI is InChI=1S/C26H28O8/c1-5-31-25(32-6-2)21(27)15-9-11-17-19(13-15)24(30)20-14-16(10-12-18(20)23(17)29)22(28)26(33-7-3)34-8-4/h9-14,25-26H,5-8H2,1-4H3. The van der Waals surface area contributed by atoms with Gasteiger partial charge in [-0.2, -0.15) is 0 Å². The summed E-state index contributed by atoms with van der Waals surface area (Å²) in [6, 6.07) is 8.64. The van der Waals surface area contributed by atoms with E-state index < -0.39 is 29.9 Å². The van der Waals surface area contributed by atoms with Crippen molar-refractivity contribution >= 4 is 23.1 Å². The molecule has 3 rings (SSSR count). The Labute approximate surface area is 198 Å². The first-order chi connectivity index (χ1) is 16.4. The summed E-state index contributed by atoms with van der Waals surface area (Å²) in [4.78, 5) is 52.2. The Morgan fingerprint density at radius 1 is 0.588 bits per heavy atom. The van der Waals surface area contributed by atoms with Crippen molar-refractivity contribution in [3.05, 3.63) is 69.8 Å².